The molecule has 6 atom stereocenters. The third kappa shape index (κ3) is 11.3. The van der Waals surface area contributed by atoms with Crippen LogP contribution in [-0.4, -0.2) is 86.0 Å². The van der Waals surface area contributed by atoms with Crippen molar-refractivity contribution < 1.29 is 40.2 Å². The smallest absolute Gasteiger partial charge is 0.364 e. The van der Waals surface area contributed by atoms with E-state index in [1.54, 1.807) is 0 Å². The molecule has 0 amide bonds. The predicted octanol–water partition coefficient (Wildman–Crippen LogP) is 2.06. The van der Waals surface area contributed by atoms with Crippen molar-refractivity contribution >= 4 is 5.97 Å². The molecule has 0 aromatic rings. The van der Waals surface area contributed by atoms with Crippen LogP contribution in [0.15, 0.2) is 0 Å². The predicted molar refractivity (Wildman–Crippen MR) is 129 cm³/mol. The fourth-order valence-corrected chi connectivity index (χ4v) is 4.56. The summed E-state index contributed by atoms with van der Waals surface area (Å²) < 4.78 is 5.19. The maximum atomic E-state index is 11.3. The highest BCUT2D eigenvalue weighted by Gasteiger charge is 2.53. The normalized spacial score (nSPS) is 26.9. The second-order valence-electron chi connectivity index (χ2n) is 9.76. The van der Waals surface area contributed by atoms with Crippen LogP contribution in [0.25, 0.3) is 0 Å². The van der Waals surface area contributed by atoms with Crippen LogP contribution in [0.4, 0.5) is 0 Å². The number of unbranched alkanes of at least 4 members (excludes halogenated alkanes) is 13. The average molecular weight is 492 g/mol. The minimum atomic E-state index is -2.67. The topological polar surface area (TPSA) is 160 Å². The minimum Gasteiger partial charge on any atom is -0.477 e. The first-order valence-corrected chi connectivity index (χ1v) is 13.3. The van der Waals surface area contributed by atoms with Crippen molar-refractivity contribution in [3.63, 3.8) is 0 Å². The molecule has 1 aliphatic rings. The van der Waals surface area contributed by atoms with Gasteiger partial charge in [-0.1, -0.05) is 90.4 Å². The molecule has 7 N–H and O–H groups in total. The molecule has 0 spiro atoms. The van der Waals surface area contributed by atoms with Gasteiger partial charge in [0.1, 0.15) is 18.3 Å². The van der Waals surface area contributed by atoms with Gasteiger partial charge >= 0.3 is 5.97 Å². The highest BCUT2D eigenvalue weighted by molar-refractivity contribution is 5.75. The van der Waals surface area contributed by atoms with E-state index in [9.17, 15) is 30.3 Å². The van der Waals surface area contributed by atoms with Crippen molar-refractivity contribution in [1.82, 2.24) is 5.32 Å². The molecule has 34 heavy (non-hydrogen) atoms. The lowest BCUT2D eigenvalue weighted by atomic mass is 9.88. The molecule has 0 bridgehead atoms. The molecule has 0 aromatic heterocycles. The van der Waals surface area contributed by atoms with Gasteiger partial charge in [0, 0.05) is 6.42 Å². The fraction of sp³-hybridized carbons (Fsp3) is 0.960. The van der Waals surface area contributed by atoms with Gasteiger partial charge in [-0.2, -0.15) is 0 Å². The highest BCUT2D eigenvalue weighted by atomic mass is 16.7. The van der Waals surface area contributed by atoms with E-state index < -0.39 is 55.2 Å². The zero-order valence-corrected chi connectivity index (χ0v) is 20.9. The zero-order valence-electron chi connectivity index (χ0n) is 20.9. The lowest BCUT2D eigenvalue weighted by Gasteiger charge is -2.45. The van der Waals surface area contributed by atoms with Gasteiger partial charge in [-0.25, -0.2) is 4.79 Å². The Bertz CT molecular complexity index is 537. The SMILES string of the molecule is CCCCCCCCCCCCCCCCN[C@H]1[C@H]([C@H](O)[C@H](O)CO)OC(O)(C(=O)O)C[C@@H]1O. The molecule has 1 fully saturated rings. The largest absolute Gasteiger partial charge is 0.477 e. The summed E-state index contributed by atoms with van der Waals surface area (Å²) >= 11 is 0. The van der Waals surface area contributed by atoms with E-state index in [1.165, 1.54) is 70.6 Å². The number of carboxylic acid groups (broad SMARTS) is 1. The Hall–Kier alpha value is -0.810. The van der Waals surface area contributed by atoms with Crippen molar-refractivity contribution in [3.05, 3.63) is 0 Å². The van der Waals surface area contributed by atoms with E-state index >= 15 is 0 Å². The van der Waals surface area contributed by atoms with Gasteiger partial charge in [0.05, 0.1) is 18.8 Å². The Morgan fingerprint density at radius 1 is 0.941 bits per heavy atom. The number of aliphatic hydroxyl groups is 5. The summed E-state index contributed by atoms with van der Waals surface area (Å²) in [6.07, 6.45) is 10.8. The summed E-state index contributed by atoms with van der Waals surface area (Å²) in [5.41, 5.74) is 0. The monoisotopic (exact) mass is 491 g/mol. The number of aliphatic hydroxyl groups excluding tert-OH is 4. The van der Waals surface area contributed by atoms with E-state index in [4.69, 9.17) is 9.84 Å². The summed E-state index contributed by atoms with van der Waals surface area (Å²) in [4.78, 5) is 11.3. The lowest BCUT2D eigenvalue weighted by molar-refractivity contribution is -0.295. The van der Waals surface area contributed by atoms with Crippen molar-refractivity contribution in [2.24, 2.45) is 0 Å². The van der Waals surface area contributed by atoms with Crippen molar-refractivity contribution in [2.75, 3.05) is 13.2 Å². The molecular formula is C25H49NO8. The standard InChI is InChI=1S/C25H49NO8/c1-2-3-4-5-6-7-8-9-10-11-12-13-14-15-16-26-21-19(28)17-25(33,24(31)32)34-23(21)22(30)20(29)18-27/h19-23,26-30,33H,2-18H2,1H3,(H,31,32)/t19-,20+,21+,22+,23+,25?/m0/s1. The molecule has 9 nitrogen and oxygen atoms in total. The van der Waals surface area contributed by atoms with Gasteiger partial charge in [0.15, 0.2) is 0 Å². The highest BCUT2D eigenvalue weighted by Crippen LogP contribution is 2.30. The van der Waals surface area contributed by atoms with Crippen LogP contribution in [0.2, 0.25) is 0 Å². The van der Waals surface area contributed by atoms with Crippen LogP contribution >= 0.6 is 0 Å². The number of carboxylic acids is 1. The second kappa shape index (κ2) is 17.6. The first kappa shape index (κ1) is 31.2. The molecule has 1 rings (SSSR count). The Morgan fingerprint density at radius 2 is 1.41 bits per heavy atom. The first-order chi connectivity index (χ1) is 16.3. The molecule has 0 saturated carbocycles. The number of hydrogen-bond donors (Lipinski definition) is 7. The van der Waals surface area contributed by atoms with Crippen LogP contribution < -0.4 is 5.32 Å². The molecule has 9 heteroatoms. The van der Waals surface area contributed by atoms with Gasteiger partial charge in [-0.3, -0.25) is 0 Å². The molecule has 0 radical (unpaired) electrons. The number of nitrogens with one attached hydrogen (secondary N) is 1. The van der Waals surface area contributed by atoms with Crippen LogP contribution in [0, 0.1) is 0 Å². The van der Waals surface area contributed by atoms with Crippen LogP contribution in [0.3, 0.4) is 0 Å². The third-order valence-electron chi connectivity index (χ3n) is 6.75. The molecule has 1 saturated heterocycles. The Labute approximate surface area is 204 Å². The number of hydrogen-bond acceptors (Lipinski definition) is 8. The van der Waals surface area contributed by atoms with Gasteiger partial charge in [0.2, 0.25) is 0 Å². The van der Waals surface area contributed by atoms with E-state index in [0.29, 0.717) is 6.54 Å². The maximum absolute atomic E-state index is 11.3. The summed E-state index contributed by atoms with van der Waals surface area (Å²) in [5.74, 6) is -4.36. The van der Waals surface area contributed by atoms with E-state index in [2.05, 4.69) is 12.2 Å². The van der Waals surface area contributed by atoms with E-state index in [-0.39, 0.29) is 0 Å². The molecule has 1 unspecified atom stereocenters. The minimum absolute atomic E-state index is 0.507. The van der Waals surface area contributed by atoms with E-state index in [0.717, 1.165) is 19.3 Å². The molecule has 1 aliphatic heterocycles. The van der Waals surface area contributed by atoms with Crippen LogP contribution in [0.1, 0.15) is 103 Å². The van der Waals surface area contributed by atoms with E-state index in [1.807, 2.05) is 0 Å². The molecule has 1 heterocycles. The first-order valence-electron chi connectivity index (χ1n) is 13.3. The summed E-state index contributed by atoms with van der Waals surface area (Å²) in [7, 11) is 0. The Morgan fingerprint density at radius 3 is 1.85 bits per heavy atom. The Balaban J connectivity index is 2.24. The molecular weight excluding hydrogens is 442 g/mol. The summed E-state index contributed by atoms with van der Waals surface area (Å²) in [5, 5.41) is 62.0. The average Bonchev–Trinajstić information content (AvgIpc) is 2.81. The summed E-state index contributed by atoms with van der Waals surface area (Å²) in [6, 6.07) is -0.891. The lowest BCUT2D eigenvalue weighted by Crippen LogP contribution is -2.66. The summed E-state index contributed by atoms with van der Waals surface area (Å²) in [6.45, 7) is 1.98. The van der Waals surface area contributed by atoms with Crippen molar-refractivity contribution in [3.8, 4) is 0 Å². The third-order valence-corrected chi connectivity index (χ3v) is 6.75. The quantitative estimate of drug-likeness (QED) is 0.126. The Kier molecular flexibility index (Phi) is 16.2. The molecule has 202 valence electrons. The molecule has 0 aromatic carbocycles. The number of carbonyl (C=O) groups is 1. The van der Waals surface area contributed by atoms with Gasteiger partial charge in [-0.05, 0) is 13.0 Å². The fourth-order valence-electron chi connectivity index (χ4n) is 4.56. The number of rotatable bonds is 20. The number of ether oxygens (including phenoxy) is 1. The van der Waals surface area contributed by atoms with Gasteiger partial charge < -0.3 is 40.7 Å². The van der Waals surface area contributed by atoms with Crippen molar-refractivity contribution in [2.45, 2.75) is 139 Å². The van der Waals surface area contributed by atoms with Crippen LogP contribution in [-0.2, 0) is 9.53 Å². The van der Waals surface area contributed by atoms with Crippen molar-refractivity contribution in [1.29, 1.82) is 0 Å². The second-order valence-corrected chi connectivity index (χ2v) is 9.76. The molecule has 0 aliphatic carbocycles. The van der Waals surface area contributed by atoms with Gasteiger partial charge in [-0.15, -0.1) is 0 Å². The van der Waals surface area contributed by atoms with Crippen LogP contribution in [0.5, 0.6) is 0 Å². The van der Waals surface area contributed by atoms with Gasteiger partial charge in [0.25, 0.3) is 5.79 Å². The maximum Gasteiger partial charge on any atom is 0.364 e. The zero-order chi connectivity index (χ0) is 25.4. The number of aliphatic carboxylic acids is 1.